The van der Waals surface area contributed by atoms with Crippen molar-refractivity contribution >= 4 is 34.5 Å². The first-order valence-corrected chi connectivity index (χ1v) is 12.5. The molecule has 9 nitrogen and oxygen atoms in total. The van der Waals surface area contributed by atoms with E-state index in [9.17, 15) is 22.8 Å². The SMILES string of the molecule is CCc1ccc(-c2cc(C(F)(F)F)n3nc(C(=O)Nc4cnn(Cc5ccccc5C(=O)OC)c4)cc3n2)s1. The van der Waals surface area contributed by atoms with Crippen LogP contribution in [0.3, 0.4) is 0 Å². The van der Waals surface area contributed by atoms with Crippen LogP contribution in [0.5, 0.6) is 0 Å². The molecular formula is C26H21F3N6O3S. The first-order chi connectivity index (χ1) is 18.7. The van der Waals surface area contributed by atoms with Crippen molar-refractivity contribution in [2.75, 3.05) is 12.4 Å². The Labute approximate surface area is 223 Å². The van der Waals surface area contributed by atoms with Gasteiger partial charge in [-0.1, -0.05) is 25.1 Å². The van der Waals surface area contributed by atoms with Gasteiger partial charge in [-0.3, -0.25) is 9.48 Å². The number of ether oxygens (including phenoxy) is 1. The number of methoxy groups -OCH3 is 1. The van der Waals surface area contributed by atoms with E-state index >= 15 is 0 Å². The first kappa shape index (κ1) is 26.1. The van der Waals surface area contributed by atoms with Crippen molar-refractivity contribution in [1.82, 2.24) is 24.4 Å². The van der Waals surface area contributed by atoms with Gasteiger partial charge in [0.15, 0.2) is 17.0 Å². The molecule has 4 aromatic heterocycles. The van der Waals surface area contributed by atoms with Crippen LogP contribution in [0.25, 0.3) is 16.2 Å². The van der Waals surface area contributed by atoms with E-state index in [-0.39, 0.29) is 23.6 Å². The Balaban J connectivity index is 1.40. The summed E-state index contributed by atoms with van der Waals surface area (Å²) < 4.78 is 48.6. The Morgan fingerprint density at radius 3 is 2.64 bits per heavy atom. The van der Waals surface area contributed by atoms with Gasteiger partial charge < -0.3 is 10.1 Å². The maximum absolute atomic E-state index is 13.9. The molecule has 0 fully saturated rings. The Morgan fingerprint density at radius 2 is 1.92 bits per heavy atom. The Morgan fingerprint density at radius 1 is 1.13 bits per heavy atom. The number of amides is 1. The fourth-order valence-electron chi connectivity index (χ4n) is 3.97. The summed E-state index contributed by atoms with van der Waals surface area (Å²) in [5.74, 6) is -1.22. The average Bonchev–Trinajstić information content (AvgIpc) is 3.67. The van der Waals surface area contributed by atoms with Crippen molar-refractivity contribution in [2.45, 2.75) is 26.1 Å². The van der Waals surface area contributed by atoms with E-state index < -0.39 is 23.7 Å². The highest BCUT2D eigenvalue weighted by Crippen LogP contribution is 2.34. The predicted octanol–water partition coefficient (Wildman–Crippen LogP) is 5.32. The lowest BCUT2D eigenvalue weighted by Crippen LogP contribution is -2.15. The van der Waals surface area contributed by atoms with Crippen molar-refractivity contribution in [2.24, 2.45) is 0 Å². The average molecular weight is 555 g/mol. The number of fused-ring (bicyclic) bond motifs is 1. The van der Waals surface area contributed by atoms with Crippen LogP contribution in [0.1, 0.15) is 43.9 Å². The summed E-state index contributed by atoms with van der Waals surface area (Å²) in [6.07, 6.45) is -1.05. The minimum atomic E-state index is -4.72. The van der Waals surface area contributed by atoms with Gasteiger partial charge in [-0.05, 0) is 36.2 Å². The smallest absolute Gasteiger partial charge is 0.433 e. The van der Waals surface area contributed by atoms with Crippen molar-refractivity contribution in [3.05, 3.63) is 88.3 Å². The van der Waals surface area contributed by atoms with Crippen LogP contribution in [0.15, 0.2) is 60.9 Å². The summed E-state index contributed by atoms with van der Waals surface area (Å²) in [7, 11) is 1.29. The monoisotopic (exact) mass is 554 g/mol. The summed E-state index contributed by atoms with van der Waals surface area (Å²) in [5.41, 5.74) is 0.101. The molecule has 0 radical (unpaired) electrons. The molecule has 0 saturated heterocycles. The minimum Gasteiger partial charge on any atom is -0.465 e. The third-order valence-electron chi connectivity index (χ3n) is 5.86. The maximum Gasteiger partial charge on any atom is 0.433 e. The zero-order valence-corrected chi connectivity index (χ0v) is 21.5. The lowest BCUT2D eigenvalue weighted by atomic mass is 10.1. The van der Waals surface area contributed by atoms with Gasteiger partial charge >= 0.3 is 12.1 Å². The second-order valence-corrected chi connectivity index (χ2v) is 9.64. The summed E-state index contributed by atoms with van der Waals surface area (Å²) in [6, 6.07) is 12.6. The molecule has 0 aliphatic heterocycles. The number of carbonyl (C=O) groups excluding carboxylic acids is 2. The number of anilines is 1. The maximum atomic E-state index is 13.9. The van der Waals surface area contributed by atoms with E-state index in [1.165, 1.54) is 41.6 Å². The number of carbonyl (C=O) groups is 2. The zero-order chi connectivity index (χ0) is 27.7. The van der Waals surface area contributed by atoms with E-state index in [1.807, 2.05) is 13.0 Å². The molecule has 1 N–H and O–H groups in total. The molecule has 5 rings (SSSR count). The number of rotatable bonds is 7. The number of hydrogen-bond donors (Lipinski definition) is 1. The molecule has 0 atom stereocenters. The standard InChI is InChI=1S/C26H21F3N6O3S/c1-3-17-8-9-21(39-17)19-10-22(26(27,28)29)35-23(32-19)11-20(33-35)24(36)31-16-12-30-34(14-16)13-15-6-4-5-7-18(15)25(37)38-2/h4-12,14H,3,13H2,1-2H3,(H,31,36). The number of esters is 1. The van der Waals surface area contributed by atoms with Crippen LogP contribution in [-0.4, -0.2) is 43.4 Å². The number of benzene rings is 1. The fourth-order valence-corrected chi connectivity index (χ4v) is 4.88. The third kappa shape index (κ3) is 5.39. The highest BCUT2D eigenvalue weighted by Gasteiger charge is 2.36. The van der Waals surface area contributed by atoms with Crippen LogP contribution in [0.4, 0.5) is 18.9 Å². The molecule has 5 aromatic rings. The van der Waals surface area contributed by atoms with Gasteiger partial charge in [0.2, 0.25) is 0 Å². The topological polar surface area (TPSA) is 103 Å². The number of aryl methyl sites for hydroxylation is 1. The second kappa shape index (κ2) is 10.3. The molecule has 0 aliphatic carbocycles. The molecule has 0 unspecified atom stereocenters. The summed E-state index contributed by atoms with van der Waals surface area (Å²) in [6.45, 7) is 2.18. The zero-order valence-electron chi connectivity index (χ0n) is 20.7. The van der Waals surface area contributed by atoms with Gasteiger partial charge in [-0.25, -0.2) is 14.3 Å². The normalized spacial score (nSPS) is 11.6. The predicted molar refractivity (Wildman–Crippen MR) is 138 cm³/mol. The third-order valence-corrected chi connectivity index (χ3v) is 7.11. The Bertz CT molecular complexity index is 1690. The molecule has 1 aromatic carbocycles. The molecule has 13 heteroatoms. The molecule has 39 heavy (non-hydrogen) atoms. The number of hydrogen-bond acceptors (Lipinski definition) is 7. The summed E-state index contributed by atoms with van der Waals surface area (Å²) in [4.78, 5) is 30.9. The molecule has 0 aliphatic rings. The van der Waals surface area contributed by atoms with E-state index in [1.54, 1.807) is 30.3 Å². The Kier molecular flexibility index (Phi) is 6.91. The largest absolute Gasteiger partial charge is 0.465 e. The Hall–Kier alpha value is -4.52. The van der Waals surface area contributed by atoms with Crippen LogP contribution in [-0.2, 0) is 23.9 Å². The first-order valence-electron chi connectivity index (χ1n) is 11.7. The van der Waals surface area contributed by atoms with Crippen molar-refractivity contribution in [3.8, 4) is 10.6 Å². The van der Waals surface area contributed by atoms with E-state index in [0.29, 0.717) is 26.2 Å². The van der Waals surface area contributed by atoms with E-state index in [4.69, 9.17) is 4.74 Å². The number of halogens is 3. The van der Waals surface area contributed by atoms with Gasteiger partial charge in [-0.15, -0.1) is 11.3 Å². The molecule has 0 saturated carbocycles. The highest BCUT2D eigenvalue weighted by molar-refractivity contribution is 7.15. The van der Waals surface area contributed by atoms with Crippen LogP contribution in [0.2, 0.25) is 0 Å². The van der Waals surface area contributed by atoms with Crippen LogP contribution < -0.4 is 5.32 Å². The fraction of sp³-hybridized carbons (Fsp3) is 0.192. The molecule has 4 heterocycles. The van der Waals surface area contributed by atoms with Gasteiger partial charge in [0.05, 0.1) is 41.7 Å². The molecule has 200 valence electrons. The van der Waals surface area contributed by atoms with Gasteiger partial charge in [0, 0.05) is 17.1 Å². The van der Waals surface area contributed by atoms with Crippen molar-refractivity contribution in [3.63, 3.8) is 0 Å². The summed E-state index contributed by atoms with van der Waals surface area (Å²) in [5, 5.41) is 10.7. The van der Waals surface area contributed by atoms with Crippen LogP contribution in [0, 0.1) is 0 Å². The highest BCUT2D eigenvalue weighted by atomic mass is 32.1. The van der Waals surface area contributed by atoms with Crippen LogP contribution >= 0.6 is 11.3 Å². The molecule has 1 amide bonds. The van der Waals surface area contributed by atoms with Crippen molar-refractivity contribution < 1.29 is 27.5 Å². The minimum absolute atomic E-state index is 0.105. The molecule has 0 bridgehead atoms. The quantitative estimate of drug-likeness (QED) is 0.273. The number of thiophene rings is 1. The lowest BCUT2D eigenvalue weighted by Gasteiger charge is -2.10. The number of nitrogens with zero attached hydrogens (tertiary/aromatic N) is 5. The van der Waals surface area contributed by atoms with Crippen molar-refractivity contribution in [1.29, 1.82) is 0 Å². The van der Waals surface area contributed by atoms with Gasteiger partial charge in [-0.2, -0.15) is 23.4 Å². The number of alkyl halides is 3. The lowest BCUT2D eigenvalue weighted by molar-refractivity contribution is -0.142. The summed E-state index contributed by atoms with van der Waals surface area (Å²) >= 11 is 1.36. The molecule has 0 spiro atoms. The number of nitrogens with one attached hydrogen (secondary N) is 1. The molecular weight excluding hydrogens is 533 g/mol. The van der Waals surface area contributed by atoms with E-state index in [2.05, 4.69) is 20.5 Å². The second-order valence-electron chi connectivity index (χ2n) is 8.47. The van der Waals surface area contributed by atoms with Gasteiger partial charge in [0.1, 0.15) is 0 Å². The van der Waals surface area contributed by atoms with Gasteiger partial charge in [0.25, 0.3) is 5.91 Å². The van der Waals surface area contributed by atoms with E-state index in [0.717, 1.165) is 17.4 Å². The number of aromatic nitrogens is 5.